The van der Waals surface area contributed by atoms with Crippen LogP contribution in [0.4, 0.5) is 0 Å². The van der Waals surface area contributed by atoms with E-state index in [4.69, 9.17) is 4.42 Å². The monoisotopic (exact) mass is 121 g/mol. The van der Waals surface area contributed by atoms with E-state index < -0.39 is 0 Å². The van der Waals surface area contributed by atoms with Crippen molar-refractivity contribution < 1.29 is 4.42 Å². The molecule has 0 aliphatic carbocycles. The van der Waals surface area contributed by atoms with E-state index in [0.29, 0.717) is 0 Å². The Balaban J connectivity index is 2.72. The summed E-state index contributed by atoms with van der Waals surface area (Å²) in [6, 6.07) is 5.73. The van der Waals surface area contributed by atoms with Crippen molar-refractivity contribution in [2.45, 2.75) is 6.42 Å². The summed E-state index contributed by atoms with van der Waals surface area (Å²) in [5.74, 6) is 0.951. The molecule has 1 heterocycles. The van der Waals surface area contributed by atoms with Crippen molar-refractivity contribution in [2.75, 3.05) is 0 Å². The summed E-state index contributed by atoms with van der Waals surface area (Å²) in [5, 5.41) is 0. The van der Waals surface area contributed by atoms with Gasteiger partial charge in [0.05, 0.1) is 6.42 Å². The molecule has 46 valence electrons. The third-order valence-electron chi connectivity index (χ3n) is 1.04. The average Bonchev–Trinajstić information content (AvgIpc) is 1.91. The Hall–Kier alpha value is -1.11. The lowest BCUT2D eigenvalue weighted by Gasteiger charge is -1.77. The van der Waals surface area contributed by atoms with Crippen LogP contribution in [0.15, 0.2) is 41.5 Å². The van der Waals surface area contributed by atoms with E-state index in [0.717, 1.165) is 12.2 Å². The fourth-order valence-corrected chi connectivity index (χ4v) is 0.633. The fourth-order valence-electron chi connectivity index (χ4n) is 0.633. The van der Waals surface area contributed by atoms with Gasteiger partial charge < -0.3 is 0 Å². The van der Waals surface area contributed by atoms with Crippen LogP contribution >= 0.6 is 0 Å². The van der Waals surface area contributed by atoms with Crippen molar-refractivity contribution in [3.63, 3.8) is 0 Å². The molecule has 0 spiro atoms. The molecule has 9 heavy (non-hydrogen) atoms. The summed E-state index contributed by atoms with van der Waals surface area (Å²) in [4.78, 5) is 0. The smallest absolute Gasteiger partial charge is 0.221 e. The van der Waals surface area contributed by atoms with E-state index in [1.807, 2.05) is 24.3 Å². The van der Waals surface area contributed by atoms with Gasteiger partial charge in [-0.3, -0.25) is 0 Å². The van der Waals surface area contributed by atoms with Crippen LogP contribution in [-0.2, 0) is 6.42 Å². The zero-order chi connectivity index (χ0) is 6.53. The zero-order valence-corrected chi connectivity index (χ0v) is 5.21. The molecule has 0 aliphatic heterocycles. The SMILES string of the molecule is C=CCc1cccc[o+]1. The van der Waals surface area contributed by atoms with E-state index in [-0.39, 0.29) is 0 Å². The number of hydrogen-bond donors (Lipinski definition) is 0. The molecule has 1 nitrogen and oxygen atoms in total. The summed E-state index contributed by atoms with van der Waals surface area (Å²) in [6.07, 6.45) is 4.29. The van der Waals surface area contributed by atoms with Gasteiger partial charge in [0, 0.05) is 12.1 Å². The number of allylic oxidation sites excluding steroid dienone is 1. The molecule has 1 rings (SSSR count). The first-order chi connectivity index (χ1) is 4.43. The summed E-state index contributed by atoms with van der Waals surface area (Å²) in [7, 11) is 0. The van der Waals surface area contributed by atoms with Crippen molar-refractivity contribution in [1.29, 1.82) is 0 Å². The minimum absolute atomic E-state index is 0.806. The van der Waals surface area contributed by atoms with Crippen LogP contribution in [0.1, 0.15) is 5.76 Å². The maximum absolute atomic E-state index is 5.10. The van der Waals surface area contributed by atoms with Crippen molar-refractivity contribution >= 4 is 0 Å². The lowest BCUT2D eigenvalue weighted by molar-refractivity contribution is 0.505. The van der Waals surface area contributed by atoms with Gasteiger partial charge in [-0.15, -0.1) is 6.58 Å². The molecule has 0 atom stereocenters. The molecule has 0 aliphatic rings. The Bertz CT molecular complexity index is 179. The predicted molar refractivity (Wildman–Crippen MR) is 37.0 cm³/mol. The van der Waals surface area contributed by atoms with E-state index in [2.05, 4.69) is 6.58 Å². The van der Waals surface area contributed by atoms with Crippen molar-refractivity contribution in [3.05, 3.63) is 42.9 Å². The second-order valence-corrected chi connectivity index (χ2v) is 1.76. The molecule has 0 saturated heterocycles. The lowest BCUT2D eigenvalue weighted by Crippen LogP contribution is -1.75. The largest absolute Gasteiger partial charge is 0.332 e. The first-order valence-electron chi connectivity index (χ1n) is 2.90. The van der Waals surface area contributed by atoms with Gasteiger partial charge in [0.2, 0.25) is 0 Å². The maximum Gasteiger partial charge on any atom is 0.332 e. The zero-order valence-electron chi connectivity index (χ0n) is 5.21. The van der Waals surface area contributed by atoms with Crippen LogP contribution in [0.25, 0.3) is 0 Å². The average molecular weight is 121 g/mol. The normalized spacial score (nSPS) is 8.89. The molecule has 0 aromatic carbocycles. The predicted octanol–water partition coefficient (Wildman–Crippen LogP) is 2.29. The van der Waals surface area contributed by atoms with Gasteiger partial charge in [0.25, 0.3) is 0 Å². The highest BCUT2D eigenvalue weighted by Gasteiger charge is 1.98. The van der Waals surface area contributed by atoms with Crippen LogP contribution in [0.5, 0.6) is 0 Å². The van der Waals surface area contributed by atoms with Gasteiger partial charge >= 0.3 is 12.0 Å². The van der Waals surface area contributed by atoms with Gasteiger partial charge in [-0.25, -0.2) is 4.42 Å². The van der Waals surface area contributed by atoms with Crippen molar-refractivity contribution in [1.82, 2.24) is 0 Å². The third kappa shape index (κ3) is 1.68. The van der Waals surface area contributed by atoms with Crippen LogP contribution in [0, 0.1) is 0 Å². The second kappa shape index (κ2) is 3.02. The highest BCUT2D eigenvalue weighted by atomic mass is 16.3. The molecular formula is C8H9O+. The van der Waals surface area contributed by atoms with Crippen molar-refractivity contribution in [2.24, 2.45) is 0 Å². The molecule has 0 radical (unpaired) electrons. The molecule has 0 saturated carbocycles. The summed E-state index contributed by atoms with van der Waals surface area (Å²) in [5.41, 5.74) is 0. The molecule has 1 aromatic heterocycles. The van der Waals surface area contributed by atoms with Crippen LogP contribution in [-0.4, -0.2) is 0 Å². The Labute approximate surface area is 54.6 Å². The molecule has 0 unspecified atom stereocenters. The standard InChI is InChI=1S/C8H9O/c1-2-5-8-6-3-4-7-9-8/h2-4,6-7H,1,5H2/q+1. The van der Waals surface area contributed by atoms with E-state index in [1.165, 1.54) is 0 Å². The minimum Gasteiger partial charge on any atom is -0.221 e. The maximum atomic E-state index is 5.10. The molecule has 0 N–H and O–H groups in total. The van der Waals surface area contributed by atoms with Gasteiger partial charge in [0.1, 0.15) is 0 Å². The lowest BCUT2D eigenvalue weighted by atomic mass is 10.3. The Morgan fingerprint density at radius 3 is 3.00 bits per heavy atom. The fraction of sp³-hybridized carbons (Fsp3) is 0.125. The molecule has 0 fully saturated rings. The van der Waals surface area contributed by atoms with Gasteiger partial charge in [-0.1, -0.05) is 6.08 Å². The third-order valence-corrected chi connectivity index (χ3v) is 1.04. The highest BCUT2D eigenvalue weighted by molar-refractivity contribution is 5.02. The quantitative estimate of drug-likeness (QED) is 0.431. The molecule has 1 heteroatoms. The van der Waals surface area contributed by atoms with Gasteiger partial charge in [-0.2, -0.15) is 0 Å². The number of hydrogen-bond acceptors (Lipinski definition) is 0. The topological polar surface area (TPSA) is 11.3 Å². The Morgan fingerprint density at radius 2 is 2.44 bits per heavy atom. The molecule has 1 aromatic rings. The Kier molecular flexibility index (Phi) is 2.02. The van der Waals surface area contributed by atoms with Crippen molar-refractivity contribution in [3.8, 4) is 0 Å². The Morgan fingerprint density at radius 1 is 1.56 bits per heavy atom. The highest BCUT2D eigenvalue weighted by Crippen LogP contribution is 1.98. The van der Waals surface area contributed by atoms with Gasteiger partial charge in [0.15, 0.2) is 0 Å². The number of rotatable bonds is 2. The molecule has 0 amide bonds. The summed E-state index contributed by atoms with van der Waals surface area (Å²) >= 11 is 0. The van der Waals surface area contributed by atoms with E-state index in [9.17, 15) is 0 Å². The summed E-state index contributed by atoms with van der Waals surface area (Å²) in [6.45, 7) is 3.60. The first kappa shape index (κ1) is 6.02. The second-order valence-electron chi connectivity index (χ2n) is 1.76. The molecular weight excluding hydrogens is 112 g/mol. The first-order valence-corrected chi connectivity index (χ1v) is 2.90. The van der Waals surface area contributed by atoms with Crippen LogP contribution in [0.3, 0.4) is 0 Å². The van der Waals surface area contributed by atoms with Gasteiger partial charge in [-0.05, 0) is 6.07 Å². The van der Waals surface area contributed by atoms with Crippen LogP contribution in [0.2, 0.25) is 0 Å². The van der Waals surface area contributed by atoms with E-state index in [1.54, 1.807) is 6.26 Å². The van der Waals surface area contributed by atoms with E-state index >= 15 is 0 Å². The van der Waals surface area contributed by atoms with Crippen LogP contribution < -0.4 is 0 Å². The molecule has 0 bridgehead atoms. The summed E-state index contributed by atoms with van der Waals surface area (Å²) < 4.78 is 5.10. The minimum atomic E-state index is 0.806.